The van der Waals surface area contributed by atoms with Crippen LogP contribution in [0.15, 0.2) is 0 Å². The average molecular weight is 172 g/mol. The van der Waals surface area contributed by atoms with Crippen LogP contribution in [0.4, 0.5) is 0 Å². The molecule has 0 radical (unpaired) electrons. The van der Waals surface area contributed by atoms with Crippen LogP contribution in [-0.2, 0) is 0 Å². The first-order valence-electron chi connectivity index (χ1n) is 4.76. The molecule has 0 nitrogen and oxygen atoms in total. The molecule has 0 heterocycles. The maximum absolute atomic E-state index is 2.36. The Balaban J connectivity index is 2.32. The first-order chi connectivity index (χ1) is 5.11. The van der Waals surface area contributed by atoms with Crippen LogP contribution in [0, 0.1) is 11.8 Å². The molecule has 0 aromatic rings. The normalized spacial score (nSPS) is 21.3. The van der Waals surface area contributed by atoms with Crippen molar-refractivity contribution in [2.75, 3.05) is 0 Å². The molecule has 66 valence electrons. The van der Waals surface area contributed by atoms with Gasteiger partial charge in [0, 0.05) is 5.25 Å². The monoisotopic (exact) mass is 172 g/mol. The summed E-state index contributed by atoms with van der Waals surface area (Å²) in [5.74, 6) is 1.93. The predicted molar refractivity (Wildman–Crippen MR) is 54.1 cm³/mol. The van der Waals surface area contributed by atoms with E-state index in [9.17, 15) is 0 Å². The van der Waals surface area contributed by atoms with Crippen LogP contribution >= 0.6 is 11.8 Å². The molecule has 0 aromatic heterocycles. The van der Waals surface area contributed by atoms with Gasteiger partial charge in [-0.15, -0.1) is 0 Å². The number of hydrogen-bond acceptors (Lipinski definition) is 1. The first-order valence-corrected chi connectivity index (χ1v) is 5.71. The highest BCUT2D eigenvalue weighted by atomic mass is 32.2. The molecule has 0 spiro atoms. The summed E-state index contributed by atoms with van der Waals surface area (Å²) in [6, 6.07) is 0. The van der Waals surface area contributed by atoms with Gasteiger partial charge in [-0.25, -0.2) is 0 Å². The van der Waals surface area contributed by atoms with Crippen LogP contribution in [0.25, 0.3) is 0 Å². The molecule has 0 saturated heterocycles. The summed E-state index contributed by atoms with van der Waals surface area (Å²) in [6.07, 6.45) is 2.98. The second kappa shape index (κ2) is 3.84. The lowest BCUT2D eigenvalue weighted by Gasteiger charge is -2.21. The molecule has 0 aromatic carbocycles. The molecule has 1 aliphatic carbocycles. The second-order valence-corrected chi connectivity index (χ2v) is 5.99. The maximum Gasteiger partial charge on any atom is 0.0101 e. The molecule has 1 heteroatoms. The third-order valence-corrected chi connectivity index (χ3v) is 3.96. The zero-order chi connectivity index (χ0) is 8.43. The van der Waals surface area contributed by atoms with Crippen molar-refractivity contribution in [3.63, 3.8) is 0 Å². The van der Waals surface area contributed by atoms with E-state index in [0.29, 0.717) is 0 Å². The SMILES string of the molecule is CC(C)SC(C(C)C)C1CC1. The fourth-order valence-corrected chi connectivity index (χ4v) is 2.99. The molecule has 0 aliphatic heterocycles. The van der Waals surface area contributed by atoms with E-state index >= 15 is 0 Å². The highest BCUT2D eigenvalue weighted by molar-refractivity contribution is 8.00. The Hall–Kier alpha value is 0.350. The second-order valence-electron chi connectivity index (χ2n) is 4.23. The van der Waals surface area contributed by atoms with Gasteiger partial charge in [-0.2, -0.15) is 11.8 Å². The Morgan fingerprint density at radius 2 is 1.64 bits per heavy atom. The molecule has 0 bridgehead atoms. The fourth-order valence-electron chi connectivity index (χ4n) is 1.55. The molecule has 1 rings (SSSR count). The minimum absolute atomic E-state index is 0.808. The van der Waals surface area contributed by atoms with Gasteiger partial charge in [0.1, 0.15) is 0 Å². The van der Waals surface area contributed by atoms with Gasteiger partial charge in [0.15, 0.2) is 0 Å². The summed E-state index contributed by atoms with van der Waals surface area (Å²) >= 11 is 2.18. The van der Waals surface area contributed by atoms with Crippen LogP contribution in [0.5, 0.6) is 0 Å². The topological polar surface area (TPSA) is 0 Å². The Bertz CT molecular complexity index is 112. The van der Waals surface area contributed by atoms with Crippen LogP contribution < -0.4 is 0 Å². The van der Waals surface area contributed by atoms with Gasteiger partial charge in [-0.1, -0.05) is 27.7 Å². The zero-order valence-electron chi connectivity index (χ0n) is 8.13. The van der Waals surface area contributed by atoms with Gasteiger partial charge in [0.2, 0.25) is 0 Å². The Labute approximate surface area is 75.1 Å². The Kier molecular flexibility index (Phi) is 3.29. The molecule has 0 amide bonds. The van der Waals surface area contributed by atoms with E-state index in [1.165, 1.54) is 12.8 Å². The van der Waals surface area contributed by atoms with Crippen molar-refractivity contribution in [2.45, 2.75) is 51.0 Å². The van der Waals surface area contributed by atoms with E-state index in [-0.39, 0.29) is 0 Å². The maximum atomic E-state index is 2.36. The van der Waals surface area contributed by atoms with Crippen molar-refractivity contribution < 1.29 is 0 Å². The predicted octanol–water partition coefficient (Wildman–Crippen LogP) is 3.56. The van der Waals surface area contributed by atoms with Crippen molar-refractivity contribution >= 4 is 11.8 Å². The highest BCUT2D eigenvalue weighted by Gasteiger charge is 2.33. The van der Waals surface area contributed by atoms with Crippen molar-refractivity contribution in [1.29, 1.82) is 0 Å². The lowest BCUT2D eigenvalue weighted by molar-refractivity contribution is 0.557. The summed E-state index contributed by atoms with van der Waals surface area (Å²) in [7, 11) is 0. The molecule has 11 heavy (non-hydrogen) atoms. The molecule has 1 atom stereocenters. The molecule has 1 aliphatic rings. The third-order valence-electron chi connectivity index (χ3n) is 2.17. The summed E-state index contributed by atoms with van der Waals surface area (Å²) in [4.78, 5) is 0. The van der Waals surface area contributed by atoms with E-state index in [1.54, 1.807) is 0 Å². The fraction of sp³-hybridized carbons (Fsp3) is 1.00. The van der Waals surface area contributed by atoms with Crippen LogP contribution in [-0.4, -0.2) is 10.5 Å². The highest BCUT2D eigenvalue weighted by Crippen LogP contribution is 2.43. The number of thioether (sulfide) groups is 1. The quantitative estimate of drug-likeness (QED) is 0.625. The number of rotatable bonds is 4. The van der Waals surface area contributed by atoms with Gasteiger partial charge in [-0.05, 0) is 29.9 Å². The van der Waals surface area contributed by atoms with Gasteiger partial charge >= 0.3 is 0 Å². The van der Waals surface area contributed by atoms with E-state index < -0.39 is 0 Å². The standard InChI is InChI=1S/C10H20S/c1-7(2)10(9-5-6-9)11-8(3)4/h7-10H,5-6H2,1-4H3. The minimum Gasteiger partial charge on any atom is -0.155 e. The summed E-state index contributed by atoms with van der Waals surface area (Å²) in [5, 5.41) is 1.75. The van der Waals surface area contributed by atoms with Gasteiger partial charge in [0.25, 0.3) is 0 Å². The van der Waals surface area contributed by atoms with Crippen molar-refractivity contribution in [3.8, 4) is 0 Å². The smallest absolute Gasteiger partial charge is 0.0101 e. The van der Waals surface area contributed by atoms with Gasteiger partial charge in [0.05, 0.1) is 0 Å². The van der Waals surface area contributed by atoms with Gasteiger partial charge in [-0.3, -0.25) is 0 Å². The van der Waals surface area contributed by atoms with E-state index in [1.807, 2.05) is 0 Å². The van der Waals surface area contributed by atoms with E-state index in [2.05, 4.69) is 39.5 Å². The van der Waals surface area contributed by atoms with Crippen molar-refractivity contribution in [2.24, 2.45) is 11.8 Å². The van der Waals surface area contributed by atoms with Crippen LogP contribution in [0.1, 0.15) is 40.5 Å². The first kappa shape index (κ1) is 9.44. The van der Waals surface area contributed by atoms with E-state index in [4.69, 9.17) is 0 Å². The molecular formula is C10H20S. The zero-order valence-corrected chi connectivity index (χ0v) is 8.95. The average Bonchev–Trinajstić information content (AvgIpc) is 2.63. The molecule has 1 unspecified atom stereocenters. The van der Waals surface area contributed by atoms with Crippen LogP contribution in [0.3, 0.4) is 0 Å². The van der Waals surface area contributed by atoms with Crippen molar-refractivity contribution in [3.05, 3.63) is 0 Å². The van der Waals surface area contributed by atoms with Crippen molar-refractivity contribution in [1.82, 2.24) is 0 Å². The van der Waals surface area contributed by atoms with Gasteiger partial charge < -0.3 is 0 Å². The van der Waals surface area contributed by atoms with E-state index in [0.717, 1.165) is 22.3 Å². The minimum atomic E-state index is 0.808. The summed E-state index contributed by atoms with van der Waals surface area (Å²) in [5.41, 5.74) is 0. The largest absolute Gasteiger partial charge is 0.155 e. The Morgan fingerprint density at radius 1 is 1.09 bits per heavy atom. The third kappa shape index (κ3) is 3.06. The summed E-state index contributed by atoms with van der Waals surface area (Å²) in [6.45, 7) is 9.33. The van der Waals surface area contributed by atoms with Crippen LogP contribution in [0.2, 0.25) is 0 Å². The lowest BCUT2D eigenvalue weighted by Crippen LogP contribution is -2.16. The molecule has 0 N–H and O–H groups in total. The Morgan fingerprint density at radius 3 is 1.91 bits per heavy atom. The summed E-state index contributed by atoms with van der Waals surface area (Å²) < 4.78 is 0. The molecule has 1 saturated carbocycles. The number of hydrogen-bond donors (Lipinski definition) is 0. The lowest BCUT2D eigenvalue weighted by atomic mass is 10.1. The molecular weight excluding hydrogens is 152 g/mol. The molecule has 1 fully saturated rings.